The first kappa shape index (κ1) is 13.7. The molecule has 0 aliphatic carbocycles. The van der Waals surface area contributed by atoms with Crippen molar-refractivity contribution >= 4 is 21.7 Å². The largest absolute Gasteiger partial charge is 0.382 e. The molecule has 7 heteroatoms. The zero-order valence-corrected chi connectivity index (χ0v) is 13.0. The molecule has 0 unspecified atom stereocenters. The first-order valence-corrected chi connectivity index (χ1v) is 7.03. The van der Waals surface area contributed by atoms with Gasteiger partial charge in [0.1, 0.15) is 0 Å². The normalized spacial score (nSPS) is 10.8. The molecule has 1 aromatic carbocycles. The first-order chi connectivity index (χ1) is 10.1. The lowest BCUT2D eigenvalue weighted by Crippen LogP contribution is -1.96. The summed E-state index contributed by atoms with van der Waals surface area (Å²) in [7, 11) is 0. The van der Waals surface area contributed by atoms with Gasteiger partial charge in [0.25, 0.3) is 5.89 Å². The van der Waals surface area contributed by atoms with Crippen LogP contribution in [0.25, 0.3) is 23.0 Å². The van der Waals surface area contributed by atoms with Gasteiger partial charge in [-0.3, -0.25) is 0 Å². The predicted molar refractivity (Wildman–Crippen MR) is 82.3 cm³/mol. The van der Waals surface area contributed by atoms with E-state index in [9.17, 15) is 0 Å². The minimum absolute atomic E-state index is 0.258. The van der Waals surface area contributed by atoms with Crippen molar-refractivity contribution in [1.29, 1.82) is 0 Å². The number of anilines is 1. The van der Waals surface area contributed by atoms with Crippen LogP contribution in [0.5, 0.6) is 0 Å². The molecule has 106 valence electrons. The molecule has 0 amide bonds. The highest BCUT2D eigenvalue weighted by Gasteiger charge is 2.15. The number of nitrogens with zero attached hydrogens (tertiary/aromatic N) is 4. The third-order valence-corrected chi connectivity index (χ3v) is 4.30. The number of nitrogens with two attached hydrogens (primary N) is 1. The molecule has 0 aliphatic heterocycles. The third-order valence-electron chi connectivity index (χ3n) is 3.05. The third kappa shape index (κ3) is 2.52. The van der Waals surface area contributed by atoms with Gasteiger partial charge in [0.2, 0.25) is 5.82 Å². The number of halogens is 1. The SMILES string of the molecule is Cc1cc(-c2noc(-c3nccnc3N)n2)cc(C)c1Br. The van der Waals surface area contributed by atoms with Crippen LogP contribution in [-0.2, 0) is 0 Å². The van der Waals surface area contributed by atoms with E-state index in [1.54, 1.807) is 0 Å². The highest BCUT2D eigenvalue weighted by molar-refractivity contribution is 9.10. The van der Waals surface area contributed by atoms with Gasteiger partial charge in [0.15, 0.2) is 11.5 Å². The van der Waals surface area contributed by atoms with Crippen molar-refractivity contribution in [1.82, 2.24) is 20.1 Å². The zero-order valence-electron chi connectivity index (χ0n) is 11.5. The van der Waals surface area contributed by atoms with E-state index in [1.165, 1.54) is 12.4 Å². The minimum Gasteiger partial charge on any atom is -0.382 e. The lowest BCUT2D eigenvalue weighted by Gasteiger charge is -2.04. The van der Waals surface area contributed by atoms with E-state index in [2.05, 4.69) is 36.0 Å². The minimum atomic E-state index is 0.258. The van der Waals surface area contributed by atoms with Crippen molar-refractivity contribution in [2.45, 2.75) is 13.8 Å². The average molecular weight is 346 g/mol. The van der Waals surface area contributed by atoms with Crippen LogP contribution in [0.2, 0.25) is 0 Å². The van der Waals surface area contributed by atoms with Crippen molar-refractivity contribution < 1.29 is 4.52 Å². The summed E-state index contributed by atoms with van der Waals surface area (Å²) in [6, 6.07) is 3.98. The Morgan fingerprint density at radius 2 is 1.76 bits per heavy atom. The van der Waals surface area contributed by atoms with Crippen LogP contribution in [0.15, 0.2) is 33.5 Å². The standard InChI is InChI=1S/C14H12BrN5O/c1-7-5-9(6-8(2)10(7)15)13-19-14(21-20-13)11-12(16)18-4-3-17-11/h3-6H,1-2H3,(H2,16,18). The summed E-state index contributed by atoms with van der Waals surface area (Å²) in [5.74, 6) is 1.01. The van der Waals surface area contributed by atoms with Crippen molar-refractivity contribution in [3.63, 3.8) is 0 Å². The second kappa shape index (κ2) is 5.25. The summed E-state index contributed by atoms with van der Waals surface area (Å²) in [4.78, 5) is 12.4. The number of aryl methyl sites for hydroxylation is 2. The molecule has 0 atom stereocenters. The molecule has 3 aromatic rings. The molecular weight excluding hydrogens is 334 g/mol. The molecule has 2 heterocycles. The summed E-state index contributed by atoms with van der Waals surface area (Å²) in [5, 5.41) is 3.99. The number of aromatic nitrogens is 4. The van der Waals surface area contributed by atoms with Crippen molar-refractivity contribution in [3.05, 3.63) is 40.1 Å². The van der Waals surface area contributed by atoms with E-state index in [-0.39, 0.29) is 11.7 Å². The van der Waals surface area contributed by atoms with Crippen molar-refractivity contribution in [2.24, 2.45) is 0 Å². The Labute approximate surface area is 129 Å². The molecule has 0 bridgehead atoms. The van der Waals surface area contributed by atoms with E-state index in [1.807, 2.05) is 26.0 Å². The molecule has 3 rings (SSSR count). The van der Waals surface area contributed by atoms with Gasteiger partial charge < -0.3 is 10.3 Å². The highest BCUT2D eigenvalue weighted by atomic mass is 79.9. The Morgan fingerprint density at radius 1 is 1.10 bits per heavy atom. The van der Waals surface area contributed by atoms with Crippen molar-refractivity contribution in [2.75, 3.05) is 5.73 Å². The van der Waals surface area contributed by atoms with Gasteiger partial charge in [-0.2, -0.15) is 4.98 Å². The number of hydrogen-bond donors (Lipinski definition) is 1. The number of hydrogen-bond acceptors (Lipinski definition) is 6. The van der Waals surface area contributed by atoms with E-state index >= 15 is 0 Å². The Hall–Kier alpha value is -2.28. The van der Waals surface area contributed by atoms with Gasteiger partial charge in [-0.15, -0.1) is 0 Å². The lowest BCUT2D eigenvalue weighted by atomic mass is 10.1. The molecule has 0 spiro atoms. The molecule has 2 aromatic heterocycles. The van der Waals surface area contributed by atoms with Crippen LogP contribution in [0.3, 0.4) is 0 Å². The summed E-state index contributed by atoms with van der Waals surface area (Å²) in [6.07, 6.45) is 3.04. The number of benzene rings is 1. The quantitative estimate of drug-likeness (QED) is 0.766. The van der Waals surface area contributed by atoms with Crippen LogP contribution in [-0.4, -0.2) is 20.1 Å². The number of nitrogen functional groups attached to an aromatic ring is 1. The Balaban J connectivity index is 2.05. The van der Waals surface area contributed by atoms with E-state index in [0.717, 1.165) is 21.2 Å². The van der Waals surface area contributed by atoms with Crippen LogP contribution in [0.4, 0.5) is 5.82 Å². The summed E-state index contributed by atoms with van der Waals surface area (Å²) >= 11 is 3.54. The average Bonchev–Trinajstić information content (AvgIpc) is 2.94. The van der Waals surface area contributed by atoms with Crippen LogP contribution < -0.4 is 5.73 Å². The fourth-order valence-corrected chi connectivity index (χ4v) is 2.25. The molecule has 0 saturated heterocycles. The fraction of sp³-hybridized carbons (Fsp3) is 0.143. The molecule has 6 nitrogen and oxygen atoms in total. The smallest absolute Gasteiger partial charge is 0.280 e. The van der Waals surface area contributed by atoms with Crippen molar-refractivity contribution in [3.8, 4) is 23.0 Å². The molecule has 0 aliphatic rings. The fourth-order valence-electron chi connectivity index (χ4n) is 2.03. The van der Waals surface area contributed by atoms with Crippen LogP contribution >= 0.6 is 15.9 Å². The van der Waals surface area contributed by atoms with Gasteiger partial charge in [0.05, 0.1) is 0 Å². The van der Waals surface area contributed by atoms with E-state index < -0.39 is 0 Å². The van der Waals surface area contributed by atoms with Gasteiger partial charge >= 0.3 is 0 Å². The van der Waals surface area contributed by atoms with Gasteiger partial charge in [-0.05, 0) is 37.1 Å². The first-order valence-electron chi connectivity index (χ1n) is 6.24. The lowest BCUT2D eigenvalue weighted by molar-refractivity contribution is 0.431. The molecule has 21 heavy (non-hydrogen) atoms. The van der Waals surface area contributed by atoms with Crippen LogP contribution in [0, 0.1) is 13.8 Å². The summed E-state index contributed by atoms with van der Waals surface area (Å²) in [5.41, 5.74) is 9.25. The molecule has 0 fully saturated rings. The number of rotatable bonds is 2. The highest BCUT2D eigenvalue weighted by Crippen LogP contribution is 2.28. The summed E-state index contributed by atoms with van der Waals surface area (Å²) in [6.45, 7) is 4.03. The van der Waals surface area contributed by atoms with Gasteiger partial charge in [0, 0.05) is 22.4 Å². The second-order valence-corrected chi connectivity index (χ2v) is 5.43. The maximum atomic E-state index is 5.76. The molecular formula is C14H12BrN5O. The Kier molecular flexibility index (Phi) is 3.42. The van der Waals surface area contributed by atoms with Crippen LogP contribution in [0.1, 0.15) is 11.1 Å². The maximum Gasteiger partial charge on any atom is 0.280 e. The molecule has 0 radical (unpaired) electrons. The molecule has 0 saturated carbocycles. The maximum absolute atomic E-state index is 5.76. The second-order valence-electron chi connectivity index (χ2n) is 4.64. The predicted octanol–water partition coefficient (Wildman–Crippen LogP) is 3.16. The van der Waals surface area contributed by atoms with E-state index in [0.29, 0.717) is 11.5 Å². The Bertz CT molecular complexity index is 792. The zero-order chi connectivity index (χ0) is 15.0. The Morgan fingerprint density at radius 3 is 2.43 bits per heavy atom. The molecule has 2 N–H and O–H groups in total. The van der Waals surface area contributed by atoms with Gasteiger partial charge in [-0.25, -0.2) is 9.97 Å². The summed E-state index contributed by atoms with van der Waals surface area (Å²) < 4.78 is 6.32. The van der Waals surface area contributed by atoms with Gasteiger partial charge in [-0.1, -0.05) is 21.1 Å². The monoisotopic (exact) mass is 345 g/mol. The van der Waals surface area contributed by atoms with E-state index in [4.69, 9.17) is 10.3 Å². The topological polar surface area (TPSA) is 90.7 Å².